The van der Waals surface area contributed by atoms with Crippen LogP contribution in [0.25, 0.3) is 24.3 Å². The van der Waals surface area contributed by atoms with E-state index in [2.05, 4.69) is 37.1 Å². The first kappa shape index (κ1) is 14.1. The molecule has 1 aromatic rings. The summed E-state index contributed by atoms with van der Waals surface area (Å²) >= 11 is 0. The van der Waals surface area contributed by atoms with E-state index in [4.69, 9.17) is 0 Å². The molecule has 92 valence electrons. The largest absolute Gasteiger partial charge is 0.389 e. The van der Waals surface area contributed by atoms with Crippen LogP contribution < -0.4 is 10.6 Å². The van der Waals surface area contributed by atoms with Gasteiger partial charge in [0.1, 0.15) is 0 Å². The fourth-order valence-electron chi connectivity index (χ4n) is 2.17. The molecular weight excluding hydrogens is 217 g/mol. The molecule has 0 aliphatic carbocycles. The van der Waals surface area contributed by atoms with E-state index in [1.807, 2.05) is 43.4 Å². The van der Waals surface area contributed by atoms with Crippen LogP contribution >= 0.6 is 0 Å². The molecule has 0 unspecified atom stereocenters. The summed E-state index contributed by atoms with van der Waals surface area (Å²) < 4.78 is 2.26. The molecule has 1 heterocycles. The van der Waals surface area contributed by atoms with Crippen molar-refractivity contribution in [2.45, 2.75) is 13.7 Å². The Labute approximate surface area is 110 Å². The third-order valence-corrected chi connectivity index (χ3v) is 2.83. The first-order chi connectivity index (χ1) is 8.74. The number of rotatable bonds is 5. The Balaban J connectivity index is 3.96. The number of hydrogen-bond donors (Lipinski definition) is 0. The van der Waals surface area contributed by atoms with Gasteiger partial charge in [0.25, 0.3) is 0 Å². The van der Waals surface area contributed by atoms with Gasteiger partial charge in [0.2, 0.25) is 7.41 Å². The quantitative estimate of drug-likeness (QED) is 0.693. The van der Waals surface area contributed by atoms with E-state index in [0.29, 0.717) is 0 Å². The summed E-state index contributed by atoms with van der Waals surface area (Å²) in [7, 11) is 0.908. The molecule has 0 radical (unpaired) electrons. The van der Waals surface area contributed by atoms with Gasteiger partial charge in [0, 0.05) is 21.8 Å². The Morgan fingerprint density at radius 3 is 2.22 bits per heavy atom. The molecule has 0 saturated carbocycles. The summed E-state index contributed by atoms with van der Waals surface area (Å²) in [6.07, 6.45) is 13.7. The standard InChI is InChI=1S/C16H20BN/c1-6-10-14-13(9-4)15(11-7-2)18(17-5)16(14)12-8-3/h6-12,17H,1,3-4H2,2,5H3/b11-7-,14-10-,16-12+. The minimum absolute atomic E-state index is 0.908. The van der Waals surface area contributed by atoms with Gasteiger partial charge in [0.15, 0.2) is 0 Å². The van der Waals surface area contributed by atoms with Gasteiger partial charge in [-0.05, 0) is 19.1 Å². The summed E-state index contributed by atoms with van der Waals surface area (Å²) in [6.45, 7) is 15.7. The molecule has 0 spiro atoms. The number of aromatic nitrogens is 1. The Morgan fingerprint density at radius 1 is 1.11 bits per heavy atom. The van der Waals surface area contributed by atoms with Gasteiger partial charge in [-0.1, -0.05) is 56.9 Å². The second-order valence-electron chi connectivity index (χ2n) is 3.85. The SMILES string of the molecule is C=C/C=c1/c(C=C)c(/C=C\C)n(BC)/c1=C/C=C. The topological polar surface area (TPSA) is 4.93 Å². The van der Waals surface area contributed by atoms with Crippen LogP contribution in [0.3, 0.4) is 0 Å². The second-order valence-corrected chi connectivity index (χ2v) is 3.85. The van der Waals surface area contributed by atoms with Gasteiger partial charge >= 0.3 is 0 Å². The van der Waals surface area contributed by atoms with Crippen LogP contribution in [0, 0.1) is 0 Å². The van der Waals surface area contributed by atoms with Crippen molar-refractivity contribution in [3.05, 3.63) is 59.8 Å². The molecule has 18 heavy (non-hydrogen) atoms. The molecule has 0 aromatic carbocycles. The van der Waals surface area contributed by atoms with Crippen molar-refractivity contribution in [1.82, 2.24) is 4.48 Å². The monoisotopic (exact) mass is 237 g/mol. The normalized spacial score (nSPS) is 13.0. The molecule has 0 aliphatic rings. The lowest BCUT2D eigenvalue weighted by Crippen LogP contribution is -2.31. The highest BCUT2D eigenvalue weighted by Crippen LogP contribution is 2.07. The zero-order valence-electron chi connectivity index (χ0n) is 11.3. The minimum atomic E-state index is 0.908. The molecule has 0 fully saturated rings. The Kier molecular flexibility index (Phi) is 5.25. The van der Waals surface area contributed by atoms with Crippen molar-refractivity contribution in [3.8, 4) is 0 Å². The fraction of sp³-hybridized carbons (Fsp3) is 0.125. The summed E-state index contributed by atoms with van der Waals surface area (Å²) in [4.78, 5) is 0. The molecule has 1 aromatic heterocycles. The molecule has 1 rings (SSSR count). The predicted molar refractivity (Wildman–Crippen MR) is 86.2 cm³/mol. The fourth-order valence-corrected chi connectivity index (χ4v) is 2.17. The van der Waals surface area contributed by atoms with Gasteiger partial charge < -0.3 is 4.48 Å². The van der Waals surface area contributed by atoms with Crippen LogP contribution in [-0.4, -0.2) is 11.9 Å². The van der Waals surface area contributed by atoms with Gasteiger partial charge in [-0.2, -0.15) is 0 Å². The third kappa shape index (κ3) is 2.48. The highest BCUT2D eigenvalue weighted by atomic mass is 14.9. The van der Waals surface area contributed by atoms with Gasteiger partial charge in [-0.25, -0.2) is 0 Å². The van der Waals surface area contributed by atoms with Crippen molar-refractivity contribution in [2.24, 2.45) is 0 Å². The van der Waals surface area contributed by atoms with Crippen LogP contribution in [0.5, 0.6) is 0 Å². The summed E-state index contributed by atoms with van der Waals surface area (Å²) in [5, 5.41) is 2.30. The Morgan fingerprint density at radius 2 is 1.78 bits per heavy atom. The first-order valence-corrected chi connectivity index (χ1v) is 6.18. The van der Waals surface area contributed by atoms with Crippen LogP contribution in [0.15, 0.2) is 38.0 Å². The molecule has 0 N–H and O–H groups in total. The lowest BCUT2D eigenvalue weighted by molar-refractivity contribution is 1.14. The predicted octanol–water partition coefficient (Wildman–Crippen LogP) is 2.34. The van der Waals surface area contributed by atoms with Crippen molar-refractivity contribution in [1.29, 1.82) is 0 Å². The summed E-state index contributed by atoms with van der Waals surface area (Å²) in [6, 6.07) is 0. The zero-order chi connectivity index (χ0) is 13.5. The maximum atomic E-state index is 3.92. The molecule has 0 aliphatic heterocycles. The molecule has 1 nitrogen and oxygen atoms in total. The van der Waals surface area contributed by atoms with E-state index in [1.54, 1.807) is 0 Å². The smallest absolute Gasteiger partial charge is 0.239 e. The van der Waals surface area contributed by atoms with E-state index < -0.39 is 0 Å². The highest BCUT2D eigenvalue weighted by Gasteiger charge is 2.08. The van der Waals surface area contributed by atoms with E-state index in [9.17, 15) is 0 Å². The minimum Gasteiger partial charge on any atom is -0.389 e. The van der Waals surface area contributed by atoms with Crippen LogP contribution in [0.1, 0.15) is 18.2 Å². The van der Waals surface area contributed by atoms with Crippen molar-refractivity contribution in [2.75, 3.05) is 0 Å². The van der Waals surface area contributed by atoms with E-state index in [0.717, 1.165) is 23.5 Å². The maximum Gasteiger partial charge on any atom is 0.239 e. The third-order valence-electron chi connectivity index (χ3n) is 2.83. The van der Waals surface area contributed by atoms with Gasteiger partial charge in [-0.15, -0.1) is 0 Å². The molecule has 0 bridgehead atoms. The molecule has 0 atom stereocenters. The van der Waals surface area contributed by atoms with Crippen molar-refractivity contribution < 1.29 is 0 Å². The van der Waals surface area contributed by atoms with E-state index in [-0.39, 0.29) is 0 Å². The average molecular weight is 237 g/mol. The molecule has 0 saturated heterocycles. The first-order valence-electron chi connectivity index (χ1n) is 6.18. The summed E-state index contributed by atoms with van der Waals surface area (Å²) in [5.74, 6) is 0. The van der Waals surface area contributed by atoms with Crippen molar-refractivity contribution >= 4 is 31.7 Å². The van der Waals surface area contributed by atoms with E-state index in [1.165, 1.54) is 5.69 Å². The van der Waals surface area contributed by atoms with Crippen LogP contribution in [0.4, 0.5) is 0 Å². The number of allylic oxidation sites excluding steroid dienone is 3. The van der Waals surface area contributed by atoms with Gasteiger partial charge in [-0.3, -0.25) is 0 Å². The molecule has 2 heteroatoms. The van der Waals surface area contributed by atoms with Crippen LogP contribution in [0.2, 0.25) is 6.82 Å². The molecular formula is C16H20BN. The maximum absolute atomic E-state index is 3.92. The summed E-state index contributed by atoms with van der Waals surface area (Å²) in [5.41, 5.74) is 2.32. The van der Waals surface area contributed by atoms with Crippen molar-refractivity contribution in [3.63, 3.8) is 0 Å². The lowest BCUT2D eigenvalue weighted by Gasteiger charge is -2.02. The highest BCUT2D eigenvalue weighted by molar-refractivity contribution is 6.32. The average Bonchev–Trinajstić information content (AvgIpc) is 2.64. The lowest BCUT2D eigenvalue weighted by atomic mass is 9.98. The number of hydrogen-bond acceptors (Lipinski definition) is 0. The molecule has 0 amide bonds. The Hall–Kier alpha value is -1.96. The zero-order valence-corrected chi connectivity index (χ0v) is 11.3. The second kappa shape index (κ2) is 6.70. The van der Waals surface area contributed by atoms with E-state index >= 15 is 0 Å². The van der Waals surface area contributed by atoms with Crippen LogP contribution in [-0.2, 0) is 0 Å². The number of nitrogens with zero attached hydrogens (tertiary/aromatic N) is 1. The Bertz CT molecular complexity index is 600. The van der Waals surface area contributed by atoms with Gasteiger partial charge in [0.05, 0.1) is 0 Å².